The Morgan fingerprint density at radius 3 is 2.84 bits per heavy atom. The Bertz CT molecular complexity index is 416. The standard InChI is InChI=1S/C14H21ClN2O2/c1-14(2,3)16-8-13(18)9-17-19-10-11-5-4-6-12(15)7-11/h4-7,9,13,16,18H,8,10H2,1-3H3/b17-9+. The predicted octanol–water partition coefficient (Wildman–Crippen LogP) is 2.59. The monoisotopic (exact) mass is 284 g/mol. The van der Waals surface area contributed by atoms with Crippen LogP contribution >= 0.6 is 11.6 Å². The second kappa shape index (κ2) is 7.48. The fraction of sp³-hybridized carbons (Fsp3) is 0.500. The summed E-state index contributed by atoms with van der Waals surface area (Å²) in [5, 5.41) is 17.2. The van der Waals surface area contributed by atoms with Crippen molar-refractivity contribution in [3.8, 4) is 0 Å². The summed E-state index contributed by atoms with van der Waals surface area (Å²) in [5.41, 5.74) is 0.906. The Balaban J connectivity index is 2.26. The molecule has 1 aromatic rings. The molecular weight excluding hydrogens is 264 g/mol. The molecule has 0 spiro atoms. The van der Waals surface area contributed by atoms with E-state index in [-0.39, 0.29) is 5.54 Å². The van der Waals surface area contributed by atoms with Crippen molar-refractivity contribution in [3.63, 3.8) is 0 Å². The highest BCUT2D eigenvalue weighted by molar-refractivity contribution is 6.30. The third-order valence-electron chi connectivity index (χ3n) is 2.27. The summed E-state index contributed by atoms with van der Waals surface area (Å²) in [4.78, 5) is 5.10. The lowest BCUT2D eigenvalue weighted by Crippen LogP contribution is -2.41. The Hall–Kier alpha value is -1.10. The maximum Gasteiger partial charge on any atom is 0.142 e. The number of nitrogens with zero attached hydrogens (tertiary/aromatic N) is 1. The van der Waals surface area contributed by atoms with Crippen molar-refractivity contribution >= 4 is 17.8 Å². The van der Waals surface area contributed by atoms with E-state index in [9.17, 15) is 5.11 Å². The second-order valence-corrected chi connectivity index (χ2v) is 5.79. The molecule has 106 valence electrons. The van der Waals surface area contributed by atoms with E-state index < -0.39 is 6.10 Å². The first-order chi connectivity index (χ1) is 8.87. The van der Waals surface area contributed by atoms with Crippen molar-refractivity contribution in [3.05, 3.63) is 34.9 Å². The van der Waals surface area contributed by atoms with Crippen molar-refractivity contribution in [2.45, 2.75) is 39.0 Å². The van der Waals surface area contributed by atoms with Crippen LogP contribution in [0.5, 0.6) is 0 Å². The average Bonchev–Trinajstić information content (AvgIpc) is 2.31. The van der Waals surface area contributed by atoms with Crippen molar-refractivity contribution in [1.82, 2.24) is 5.32 Å². The average molecular weight is 285 g/mol. The number of hydrogen-bond donors (Lipinski definition) is 2. The van der Waals surface area contributed by atoms with E-state index in [1.165, 1.54) is 6.21 Å². The molecule has 0 aromatic heterocycles. The van der Waals surface area contributed by atoms with Crippen LogP contribution in [-0.4, -0.2) is 29.5 Å². The van der Waals surface area contributed by atoms with Gasteiger partial charge in [-0.3, -0.25) is 0 Å². The minimum absolute atomic E-state index is 0.0313. The molecule has 1 unspecified atom stereocenters. The van der Waals surface area contributed by atoms with Gasteiger partial charge >= 0.3 is 0 Å². The van der Waals surface area contributed by atoms with Gasteiger partial charge in [0.15, 0.2) is 0 Å². The van der Waals surface area contributed by atoms with Crippen molar-refractivity contribution in [2.75, 3.05) is 6.54 Å². The van der Waals surface area contributed by atoms with Crippen LogP contribution in [0.3, 0.4) is 0 Å². The smallest absolute Gasteiger partial charge is 0.142 e. The summed E-state index contributed by atoms with van der Waals surface area (Å²) in [6.07, 6.45) is 0.710. The molecule has 0 amide bonds. The van der Waals surface area contributed by atoms with Gasteiger partial charge in [-0.1, -0.05) is 28.9 Å². The molecular formula is C14H21ClN2O2. The topological polar surface area (TPSA) is 53.8 Å². The van der Waals surface area contributed by atoms with Crippen LogP contribution in [0, 0.1) is 0 Å². The third kappa shape index (κ3) is 7.82. The molecule has 1 aromatic carbocycles. The van der Waals surface area contributed by atoms with E-state index in [4.69, 9.17) is 16.4 Å². The van der Waals surface area contributed by atoms with Gasteiger partial charge in [-0.25, -0.2) is 0 Å². The van der Waals surface area contributed by atoms with E-state index in [0.29, 0.717) is 18.2 Å². The Kier molecular flexibility index (Phi) is 6.28. The first-order valence-corrected chi connectivity index (χ1v) is 6.57. The number of rotatable bonds is 6. The molecule has 0 radical (unpaired) electrons. The molecule has 19 heavy (non-hydrogen) atoms. The maximum absolute atomic E-state index is 9.64. The van der Waals surface area contributed by atoms with Crippen LogP contribution in [0.4, 0.5) is 0 Å². The van der Waals surface area contributed by atoms with Crippen molar-refractivity contribution < 1.29 is 9.94 Å². The minimum Gasteiger partial charge on any atom is -0.391 e. The van der Waals surface area contributed by atoms with Crippen LogP contribution in [0.15, 0.2) is 29.4 Å². The lowest BCUT2D eigenvalue weighted by molar-refractivity contribution is 0.126. The van der Waals surface area contributed by atoms with Gasteiger partial charge in [0.25, 0.3) is 0 Å². The summed E-state index contributed by atoms with van der Waals surface area (Å²) < 4.78 is 0. The zero-order valence-electron chi connectivity index (χ0n) is 11.6. The van der Waals surface area contributed by atoms with E-state index in [2.05, 4.69) is 10.5 Å². The molecule has 4 nitrogen and oxygen atoms in total. The van der Waals surface area contributed by atoms with E-state index in [1.54, 1.807) is 6.07 Å². The van der Waals surface area contributed by atoms with Crippen molar-refractivity contribution in [2.24, 2.45) is 5.16 Å². The highest BCUT2D eigenvalue weighted by Gasteiger charge is 2.10. The SMILES string of the molecule is CC(C)(C)NCC(O)/C=N/OCc1cccc(Cl)c1. The van der Waals surface area contributed by atoms with Crippen LogP contribution in [0.1, 0.15) is 26.3 Å². The van der Waals surface area contributed by atoms with Gasteiger partial charge in [0.2, 0.25) is 0 Å². The molecule has 1 atom stereocenters. The fourth-order valence-corrected chi connectivity index (χ4v) is 1.53. The second-order valence-electron chi connectivity index (χ2n) is 5.36. The van der Waals surface area contributed by atoms with Gasteiger partial charge in [0.05, 0.1) is 6.21 Å². The summed E-state index contributed by atoms with van der Waals surface area (Å²) in [6, 6.07) is 7.37. The summed E-state index contributed by atoms with van der Waals surface area (Å²) in [7, 11) is 0. The molecule has 0 heterocycles. The van der Waals surface area contributed by atoms with Gasteiger partial charge in [0, 0.05) is 17.1 Å². The van der Waals surface area contributed by atoms with E-state index in [1.807, 2.05) is 39.0 Å². The van der Waals surface area contributed by atoms with E-state index in [0.717, 1.165) is 5.56 Å². The molecule has 0 saturated carbocycles. The van der Waals surface area contributed by atoms with Gasteiger partial charge in [-0.05, 0) is 38.5 Å². The molecule has 0 aliphatic rings. The lowest BCUT2D eigenvalue weighted by atomic mass is 10.1. The number of oxime groups is 1. The molecule has 2 N–H and O–H groups in total. The van der Waals surface area contributed by atoms with Crippen LogP contribution < -0.4 is 5.32 Å². The number of halogens is 1. The number of nitrogens with one attached hydrogen (secondary N) is 1. The highest BCUT2D eigenvalue weighted by atomic mass is 35.5. The van der Waals surface area contributed by atoms with Gasteiger partial charge in [0.1, 0.15) is 12.7 Å². The molecule has 0 fully saturated rings. The number of hydrogen-bond acceptors (Lipinski definition) is 4. The first-order valence-electron chi connectivity index (χ1n) is 6.20. The molecule has 0 aliphatic heterocycles. The molecule has 0 bridgehead atoms. The normalized spacial score (nSPS) is 13.7. The number of aliphatic hydroxyl groups excluding tert-OH is 1. The lowest BCUT2D eigenvalue weighted by Gasteiger charge is -2.21. The van der Waals surface area contributed by atoms with Gasteiger partial charge < -0.3 is 15.3 Å². The molecule has 5 heteroatoms. The summed E-state index contributed by atoms with van der Waals surface area (Å²) in [5.74, 6) is 0. The predicted molar refractivity (Wildman–Crippen MR) is 78.5 cm³/mol. The highest BCUT2D eigenvalue weighted by Crippen LogP contribution is 2.11. The van der Waals surface area contributed by atoms with Crippen LogP contribution in [-0.2, 0) is 11.4 Å². The quantitative estimate of drug-likeness (QED) is 0.624. The number of β-amino-alcohol motifs (C(OH)–C–C–N with tert-alkyl or cyclic N) is 1. The summed E-state index contributed by atoms with van der Waals surface area (Å²) in [6.45, 7) is 6.87. The number of benzene rings is 1. The maximum atomic E-state index is 9.64. The minimum atomic E-state index is -0.668. The Morgan fingerprint density at radius 2 is 2.21 bits per heavy atom. The Morgan fingerprint density at radius 1 is 1.47 bits per heavy atom. The molecule has 1 rings (SSSR count). The third-order valence-corrected chi connectivity index (χ3v) is 2.50. The van der Waals surface area contributed by atoms with Gasteiger partial charge in [-0.2, -0.15) is 0 Å². The largest absolute Gasteiger partial charge is 0.391 e. The van der Waals surface area contributed by atoms with Crippen LogP contribution in [0.25, 0.3) is 0 Å². The fourth-order valence-electron chi connectivity index (χ4n) is 1.32. The van der Waals surface area contributed by atoms with E-state index >= 15 is 0 Å². The zero-order valence-corrected chi connectivity index (χ0v) is 12.3. The van der Waals surface area contributed by atoms with Gasteiger partial charge in [-0.15, -0.1) is 0 Å². The molecule has 0 aliphatic carbocycles. The van der Waals surface area contributed by atoms with Crippen LogP contribution in [0.2, 0.25) is 5.02 Å². The zero-order chi connectivity index (χ0) is 14.3. The number of aliphatic hydroxyl groups is 1. The Labute approximate surface area is 119 Å². The molecule has 0 saturated heterocycles. The van der Waals surface area contributed by atoms with Crippen molar-refractivity contribution in [1.29, 1.82) is 0 Å². The first kappa shape index (κ1) is 16.0. The summed E-state index contributed by atoms with van der Waals surface area (Å²) >= 11 is 5.85.